The lowest BCUT2D eigenvalue weighted by Gasteiger charge is -2.10. The van der Waals surface area contributed by atoms with Gasteiger partial charge in [0.15, 0.2) is 0 Å². The zero-order chi connectivity index (χ0) is 10.3. The molecule has 0 aliphatic carbocycles. The van der Waals surface area contributed by atoms with Crippen molar-refractivity contribution >= 4 is 27.3 Å². The number of benzene rings is 1. The summed E-state index contributed by atoms with van der Waals surface area (Å²) in [5.74, 6) is 0. The van der Waals surface area contributed by atoms with E-state index in [2.05, 4.69) is 4.37 Å². The maximum Gasteiger partial charge on any atom is 0.148 e. The standard InChI is InChI=1S/C10H11FN2S/c1-10(2,11)9-6-4-3-5-7(12)8(6)14-13-9/h3-5H,12H2,1-2H3. The average molecular weight is 210 g/mol. The van der Waals surface area contributed by atoms with Crippen LogP contribution in [0.3, 0.4) is 0 Å². The summed E-state index contributed by atoms with van der Waals surface area (Å²) in [5, 5.41) is 0.822. The van der Waals surface area contributed by atoms with Crippen molar-refractivity contribution in [2.45, 2.75) is 19.5 Å². The molecule has 2 aromatic rings. The number of nitrogens with zero attached hydrogens (tertiary/aromatic N) is 1. The van der Waals surface area contributed by atoms with Crippen LogP contribution in [0.15, 0.2) is 18.2 Å². The Labute approximate surface area is 85.7 Å². The van der Waals surface area contributed by atoms with Crippen molar-refractivity contribution in [3.63, 3.8) is 0 Å². The molecule has 0 amide bonds. The fraction of sp³-hybridized carbons (Fsp3) is 0.300. The minimum atomic E-state index is -1.41. The maximum atomic E-state index is 13.7. The molecule has 0 saturated heterocycles. The largest absolute Gasteiger partial charge is 0.398 e. The van der Waals surface area contributed by atoms with Crippen LogP contribution in [0.25, 0.3) is 10.1 Å². The molecule has 0 aliphatic heterocycles. The first kappa shape index (κ1) is 9.40. The Morgan fingerprint density at radius 3 is 2.79 bits per heavy atom. The monoisotopic (exact) mass is 210 g/mol. The second kappa shape index (κ2) is 2.92. The van der Waals surface area contributed by atoms with Gasteiger partial charge in [-0.05, 0) is 31.4 Å². The predicted octanol–water partition coefficient (Wildman–Crippen LogP) is 3.08. The molecule has 0 unspecified atom stereocenters. The van der Waals surface area contributed by atoms with E-state index in [1.165, 1.54) is 25.4 Å². The van der Waals surface area contributed by atoms with Crippen molar-refractivity contribution in [1.29, 1.82) is 0 Å². The Balaban J connectivity index is 2.76. The summed E-state index contributed by atoms with van der Waals surface area (Å²) in [6.45, 7) is 3.01. The highest BCUT2D eigenvalue weighted by Gasteiger charge is 2.25. The van der Waals surface area contributed by atoms with E-state index < -0.39 is 5.67 Å². The molecule has 1 aromatic carbocycles. The van der Waals surface area contributed by atoms with Crippen LogP contribution in [0.5, 0.6) is 0 Å². The first-order valence-corrected chi connectivity index (χ1v) is 5.11. The number of halogens is 1. The molecule has 0 saturated carbocycles. The number of fused-ring (bicyclic) bond motifs is 1. The summed E-state index contributed by atoms with van der Waals surface area (Å²) >= 11 is 1.25. The normalized spacial score (nSPS) is 12.2. The SMILES string of the molecule is CC(C)(F)c1nsc2c(N)cccc12. The van der Waals surface area contributed by atoms with Crippen LogP contribution in [-0.2, 0) is 5.67 Å². The maximum absolute atomic E-state index is 13.7. The second-order valence-electron chi connectivity index (χ2n) is 3.73. The second-order valence-corrected chi connectivity index (χ2v) is 4.50. The first-order chi connectivity index (χ1) is 6.50. The summed E-state index contributed by atoms with van der Waals surface area (Å²) < 4.78 is 18.7. The van der Waals surface area contributed by atoms with Crippen molar-refractivity contribution in [3.8, 4) is 0 Å². The van der Waals surface area contributed by atoms with Crippen LogP contribution in [0.2, 0.25) is 0 Å². The van der Waals surface area contributed by atoms with Crippen LogP contribution in [0.1, 0.15) is 19.5 Å². The van der Waals surface area contributed by atoms with Crippen molar-refractivity contribution in [2.75, 3.05) is 5.73 Å². The number of aromatic nitrogens is 1. The molecule has 1 heterocycles. The van der Waals surface area contributed by atoms with Crippen molar-refractivity contribution in [3.05, 3.63) is 23.9 Å². The van der Waals surface area contributed by atoms with Crippen LogP contribution in [0.4, 0.5) is 10.1 Å². The third-order valence-corrected chi connectivity index (χ3v) is 3.00. The Morgan fingerprint density at radius 1 is 1.43 bits per heavy atom. The average Bonchev–Trinajstić information content (AvgIpc) is 2.47. The number of hydrogen-bond donors (Lipinski definition) is 1. The quantitative estimate of drug-likeness (QED) is 0.734. The first-order valence-electron chi connectivity index (χ1n) is 4.33. The van der Waals surface area contributed by atoms with Gasteiger partial charge in [0.25, 0.3) is 0 Å². The summed E-state index contributed by atoms with van der Waals surface area (Å²) in [7, 11) is 0. The Bertz CT molecular complexity index is 470. The fourth-order valence-electron chi connectivity index (χ4n) is 1.41. The molecule has 0 spiro atoms. The number of rotatable bonds is 1. The van der Waals surface area contributed by atoms with Gasteiger partial charge in [0.05, 0.1) is 16.1 Å². The van der Waals surface area contributed by atoms with Crippen molar-refractivity contribution < 1.29 is 4.39 Å². The molecular formula is C10H11FN2S. The Kier molecular flexibility index (Phi) is 1.96. The summed E-state index contributed by atoms with van der Waals surface area (Å²) in [6.07, 6.45) is 0. The van der Waals surface area contributed by atoms with E-state index in [9.17, 15) is 4.39 Å². The van der Waals surface area contributed by atoms with Gasteiger partial charge in [0.1, 0.15) is 5.67 Å². The lowest BCUT2D eigenvalue weighted by atomic mass is 10.0. The van der Waals surface area contributed by atoms with E-state index in [-0.39, 0.29) is 0 Å². The molecule has 2 rings (SSSR count). The Hall–Kier alpha value is -1.16. The van der Waals surface area contributed by atoms with E-state index in [0.717, 1.165) is 10.1 Å². The molecule has 14 heavy (non-hydrogen) atoms. The zero-order valence-corrected chi connectivity index (χ0v) is 8.86. The number of alkyl halides is 1. The molecule has 0 aliphatic rings. The highest BCUT2D eigenvalue weighted by molar-refractivity contribution is 7.14. The van der Waals surface area contributed by atoms with E-state index in [4.69, 9.17) is 5.73 Å². The fourth-order valence-corrected chi connectivity index (χ4v) is 2.35. The van der Waals surface area contributed by atoms with E-state index in [1.807, 2.05) is 12.1 Å². The third-order valence-electron chi connectivity index (χ3n) is 2.09. The van der Waals surface area contributed by atoms with E-state index >= 15 is 0 Å². The van der Waals surface area contributed by atoms with Gasteiger partial charge in [-0.1, -0.05) is 12.1 Å². The number of anilines is 1. The number of nitrogens with two attached hydrogens (primary N) is 1. The molecule has 0 radical (unpaired) electrons. The molecule has 2 N–H and O–H groups in total. The smallest absolute Gasteiger partial charge is 0.148 e. The lowest BCUT2D eigenvalue weighted by molar-refractivity contribution is 0.218. The summed E-state index contributed by atoms with van der Waals surface area (Å²) in [6, 6.07) is 5.47. The van der Waals surface area contributed by atoms with Crippen molar-refractivity contribution in [1.82, 2.24) is 4.37 Å². The van der Waals surface area contributed by atoms with Gasteiger partial charge in [0, 0.05) is 5.39 Å². The van der Waals surface area contributed by atoms with Gasteiger partial charge >= 0.3 is 0 Å². The number of nitrogen functional groups attached to an aromatic ring is 1. The molecule has 0 atom stereocenters. The lowest BCUT2D eigenvalue weighted by Crippen LogP contribution is -2.09. The minimum Gasteiger partial charge on any atom is -0.398 e. The molecule has 0 fully saturated rings. The van der Waals surface area contributed by atoms with Gasteiger partial charge in [0.2, 0.25) is 0 Å². The molecule has 1 aromatic heterocycles. The van der Waals surface area contributed by atoms with Crippen LogP contribution in [-0.4, -0.2) is 4.37 Å². The molecule has 4 heteroatoms. The van der Waals surface area contributed by atoms with Crippen LogP contribution in [0, 0.1) is 0 Å². The van der Waals surface area contributed by atoms with E-state index in [0.29, 0.717) is 11.4 Å². The summed E-state index contributed by atoms with van der Waals surface area (Å²) in [4.78, 5) is 0. The van der Waals surface area contributed by atoms with Gasteiger partial charge in [-0.2, -0.15) is 4.37 Å². The molecule has 74 valence electrons. The zero-order valence-electron chi connectivity index (χ0n) is 8.04. The molecule has 2 nitrogen and oxygen atoms in total. The van der Waals surface area contributed by atoms with Gasteiger partial charge in [-0.3, -0.25) is 0 Å². The van der Waals surface area contributed by atoms with Crippen LogP contribution >= 0.6 is 11.5 Å². The molecular weight excluding hydrogens is 199 g/mol. The van der Waals surface area contributed by atoms with E-state index in [1.54, 1.807) is 6.07 Å². The minimum absolute atomic E-state index is 0.477. The highest BCUT2D eigenvalue weighted by atomic mass is 32.1. The van der Waals surface area contributed by atoms with Gasteiger partial charge in [-0.25, -0.2) is 4.39 Å². The highest BCUT2D eigenvalue weighted by Crippen LogP contribution is 2.35. The van der Waals surface area contributed by atoms with Crippen molar-refractivity contribution in [2.24, 2.45) is 0 Å². The number of hydrogen-bond acceptors (Lipinski definition) is 3. The van der Waals surface area contributed by atoms with Crippen LogP contribution < -0.4 is 5.73 Å². The van der Waals surface area contributed by atoms with Gasteiger partial charge in [-0.15, -0.1) is 0 Å². The Morgan fingerprint density at radius 2 is 2.14 bits per heavy atom. The summed E-state index contributed by atoms with van der Waals surface area (Å²) in [5.41, 5.74) is 5.49. The molecule has 0 bridgehead atoms. The third kappa shape index (κ3) is 1.35. The predicted molar refractivity (Wildman–Crippen MR) is 58.2 cm³/mol. The van der Waals surface area contributed by atoms with Gasteiger partial charge < -0.3 is 5.73 Å². The topological polar surface area (TPSA) is 38.9 Å².